The van der Waals surface area contributed by atoms with Crippen LogP contribution in [-0.4, -0.2) is 18.5 Å². The number of anilines is 1. The van der Waals surface area contributed by atoms with E-state index in [1.54, 1.807) is 0 Å². The van der Waals surface area contributed by atoms with Crippen LogP contribution in [-0.2, 0) is 6.42 Å². The van der Waals surface area contributed by atoms with Gasteiger partial charge in [0.05, 0.1) is 6.04 Å². The fraction of sp³-hybridized carbons (Fsp3) is 0.278. The van der Waals surface area contributed by atoms with Gasteiger partial charge in [0.25, 0.3) is 5.91 Å². The van der Waals surface area contributed by atoms with E-state index in [1.165, 1.54) is 16.8 Å². The predicted octanol–water partition coefficient (Wildman–Crippen LogP) is 3.07. The molecule has 3 rings (SSSR count). The number of rotatable bonds is 2. The van der Waals surface area contributed by atoms with Crippen LogP contribution in [0.1, 0.15) is 27.0 Å². The highest BCUT2D eigenvalue weighted by atomic mass is 16.1. The van der Waals surface area contributed by atoms with Gasteiger partial charge < -0.3 is 10.6 Å². The lowest BCUT2D eigenvalue weighted by Crippen LogP contribution is -2.43. The Morgan fingerprint density at radius 3 is 2.76 bits per heavy atom. The molecule has 2 N–H and O–H groups in total. The molecule has 108 valence electrons. The molecule has 0 aromatic heterocycles. The van der Waals surface area contributed by atoms with Crippen molar-refractivity contribution in [3.8, 4) is 0 Å². The Bertz CT molecular complexity index is 679. The van der Waals surface area contributed by atoms with Gasteiger partial charge >= 0.3 is 0 Å². The summed E-state index contributed by atoms with van der Waals surface area (Å²) in [6.07, 6.45) is 0.875. The first kappa shape index (κ1) is 13.7. The zero-order valence-corrected chi connectivity index (χ0v) is 12.4. The first-order valence-electron chi connectivity index (χ1n) is 7.33. The molecular formula is C18H20N2O. The van der Waals surface area contributed by atoms with Gasteiger partial charge in [-0.05, 0) is 55.2 Å². The quantitative estimate of drug-likeness (QED) is 0.887. The van der Waals surface area contributed by atoms with Crippen molar-refractivity contribution in [2.45, 2.75) is 26.3 Å². The smallest absolute Gasteiger partial charge is 0.251 e. The molecule has 0 saturated carbocycles. The zero-order valence-electron chi connectivity index (χ0n) is 12.4. The van der Waals surface area contributed by atoms with Crippen LogP contribution in [0, 0.1) is 13.8 Å². The Hall–Kier alpha value is -2.29. The van der Waals surface area contributed by atoms with E-state index in [-0.39, 0.29) is 11.9 Å². The zero-order chi connectivity index (χ0) is 14.8. The number of amides is 1. The van der Waals surface area contributed by atoms with Gasteiger partial charge in [-0.15, -0.1) is 0 Å². The average Bonchev–Trinajstić information content (AvgIpc) is 2.50. The van der Waals surface area contributed by atoms with Crippen LogP contribution in [0.5, 0.6) is 0 Å². The number of carbonyl (C=O) groups is 1. The van der Waals surface area contributed by atoms with Gasteiger partial charge in [-0.3, -0.25) is 4.79 Å². The fourth-order valence-electron chi connectivity index (χ4n) is 2.69. The Morgan fingerprint density at radius 2 is 1.95 bits per heavy atom. The molecule has 0 radical (unpaired) electrons. The first-order valence-corrected chi connectivity index (χ1v) is 7.33. The molecule has 0 fully saturated rings. The van der Waals surface area contributed by atoms with Crippen molar-refractivity contribution in [2.24, 2.45) is 0 Å². The summed E-state index contributed by atoms with van der Waals surface area (Å²) in [6.45, 7) is 4.86. The summed E-state index contributed by atoms with van der Waals surface area (Å²) in [7, 11) is 0. The molecule has 21 heavy (non-hydrogen) atoms. The molecule has 0 spiro atoms. The van der Waals surface area contributed by atoms with E-state index in [1.807, 2.05) is 37.3 Å². The number of carbonyl (C=O) groups excluding carboxylic acids is 1. The molecule has 3 nitrogen and oxygen atoms in total. The topological polar surface area (TPSA) is 41.1 Å². The van der Waals surface area contributed by atoms with Crippen LogP contribution in [0.3, 0.4) is 0 Å². The molecule has 3 heteroatoms. The van der Waals surface area contributed by atoms with E-state index in [0.717, 1.165) is 24.1 Å². The van der Waals surface area contributed by atoms with Crippen molar-refractivity contribution in [1.82, 2.24) is 5.32 Å². The Labute approximate surface area is 125 Å². The summed E-state index contributed by atoms with van der Waals surface area (Å²) in [5.41, 5.74) is 5.52. The lowest BCUT2D eigenvalue weighted by atomic mass is 9.99. The van der Waals surface area contributed by atoms with Gasteiger partial charge in [0.1, 0.15) is 0 Å². The number of benzene rings is 2. The van der Waals surface area contributed by atoms with Crippen molar-refractivity contribution in [1.29, 1.82) is 0 Å². The van der Waals surface area contributed by atoms with Crippen molar-refractivity contribution in [3.05, 3.63) is 64.7 Å². The molecule has 1 aliphatic heterocycles. The molecule has 0 aliphatic carbocycles. The van der Waals surface area contributed by atoms with Crippen LogP contribution >= 0.6 is 0 Å². The number of hydrogen-bond acceptors (Lipinski definition) is 2. The molecule has 1 atom stereocenters. The standard InChI is InChI=1S/C18H20N2O/c1-12-7-8-15(9-13(12)2)18(21)20-16-10-14-5-3-4-6-17(14)19-11-16/h3-9,16,19H,10-11H2,1-2H3,(H,20,21). The number of hydrogen-bond donors (Lipinski definition) is 2. The summed E-state index contributed by atoms with van der Waals surface area (Å²) in [5.74, 6) is 0.00396. The van der Waals surface area contributed by atoms with Crippen molar-refractivity contribution >= 4 is 11.6 Å². The second-order valence-corrected chi connectivity index (χ2v) is 5.71. The highest BCUT2D eigenvalue weighted by Gasteiger charge is 2.20. The third-order valence-corrected chi connectivity index (χ3v) is 4.13. The van der Waals surface area contributed by atoms with E-state index in [4.69, 9.17) is 0 Å². The average molecular weight is 280 g/mol. The summed E-state index contributed by atoms with van der Waals surface area (Å²) >= 11 is 0. The van der Waals surface area contributed by atoms with E-state index >= 15 is 0 Å². The van der Waals surface area contributed by atoms with Crippen molar-refractivity contribution in [2.75, 3.05) is 11.9 Å². The van der Waals surface area contributed by atoms with E-state index in [2.05, 4.69) is 29.7 Å². The Morgan fingerprint density at radius 1 is 1.14 bits per heavy atom. The maximum atomic E-state index is 12.3. The van der Waals surface area contributed by atoms with Gasteiger partial charge in [-0.1, -0.05) is 24.3 Å². The van der Waals surface area contributed by atoms with Gasteiger partial charge in [-0.25, -0.2) is 0 Å². The van der Waals surface area contributed by atoms with Crippen LogP contribution in [0.4, 0.5) is 5.69 Å². The molecule has 1 heterocycles. The second-order valence-electron chi connectivity index (χ2n) is 5.71. The van der Waals surface area contributed by atoms with E-state index in [9.17, 15) is 4.79 Å². The monoisotopic (exact) mass is 280 g/mol. The number of para-hydroxylation sites is 1. The number of aryl methyl sites for hydroxylation is 2. The molecule has 1 unspecified atom stereocenters. The van der Waals surface area contributed by atoms with Crippen LogP contribution in [0.2, 0.25) is 0 Å². The third-order valence-electron chi connectivity index (χ3n) is 4.13. The molecule has 1 aliphatic rings. The fourth-order valence-corrected chi connectivity index (χ4v) is 2.69. The Kier molecular flexibility index (Phi) is 3.65. The summed E-state index contributed by atoms with van der Waals surface area (Å²) in [6, 6.07) is 14.2. The van der Waals surface area contributed by atoms with E-state index < -0.39 is 0 Å². The first-order chi connectivity index (χ1) is 10.1. The predicted molar refractivity (Wildman–Crippen MR) is 85.8 cm³/mol. The third kappa shape index (κ3) is 2.92. The number of nitrogens with one attached hydrogen (secondary N) is 2. The minimum Gasteiger partial charge on any atom is -0.383 e. The summed E-state index contributed by atoms with van der Waals surface area (Å²) in [5, 5.41) is 6.50. The molecule has 1 amide bonds. The van der Waals surface area contributed by atoms with Gasteiger partial charge in [0.15, 0.2) is 0 Å². The SMILES string of the molecule is Cc1ccc(C(=O)NC2CNc3ccccc3C2)cc1C. The number of fused-ring (bicyclic) bond motifs is 1. The minimum atomic E-state index is 0.00396. The van der Waals surface area contributed by atoms with Gasteiger partial charge in [-0.2, -0.15) is 0 Å². The Balaban J connectivity index is 1.70. The highest BCUT2D eigenvalue weighted by molar-refractivity contribution is 5.94. The molecular weight excluding hydrogens is 260 g/mol. The normalized spacial score (nSPS) is 16.8. The van der Waals surface area contributed by atoms with Gasteiger partial charge in [0.2, 0.25) is 0 Å². The second kappa shape index (κ2) is 5.60. The van der Waals surface area contributed by atoms with Crippen LogP contribution in [0.15, 0.2) is 42.5 Å². The molecule has 2 aromatic carbocycles. The molecule has 2 aromatic rings. The summed E-state index contributed by atoms with van der Waals surface area (Å²) in [4.78, 5) is 12.3. The minimum absolute atomic E-state index is 0.00396. The maximum Gasteiger partial charge on any atom is 0.251 e. The highest BCUT2D eigenvalue weighted by Crippen LogP contribution is 2.21. The van der Waals surface area contributed by atoms with Crippen LogP contribution < -0.4 is 10.6 Å². The lowest BCUT2D eigenvalue weighted by molar-refractivity contribution is 0.0938. The van der Waals surface area contributed by atoms with Gasteiger partial charge in [0, 0.05) is 17.8 Å². The van der Waals surface area contributed by atoms with Crippen molar-refractivity contribution in [3.63, 3.8) is 0 Å². The van der Waals surface area contributed by atoms with E-state index in [0.29, 0.717) is 0 Å². The van der Waals surface area contributed by atoms with Crippen molar-refractivity contribution < 1.29 is 4.79 Å². The maximum absolute atomic E-state index is 12.3. The van der Waals surface area contributed by atoms with Crippen LogP contribution in [0.25, 0.3) is 0 Å². The lowest BCUT2D eigenvalue weighted by Gasteiger charge is -2.27. The molecule has 0 saturated heterocycles. The molecule has 0 bridgehead atoms. The largest absolute Gasteiger partial charge is 0.383 e. The summed E-state index contributed by atoms with van der Waals surface area (Å²) < 4.78 is 0.